The van der Waals surface area contributed by atoms with E-state index in [9.17, 15) is 9.59 Å². The van der Waals surface area contributed by atoms with Gasteiger partial charge in [0.15, 0.2) is 0 Å². The summed E-state index contributed by atoms with van der Waals surface area (Å²) in [7, 11) is 0. The highest BCUT2D eigenvalue weighted by Gasteiger charge is 2.18. The van der Waals surface area contributed by atoms with Crippen LogP contribution in [0.5, 0.6) is 11.5 Å². The number of aryl methyl sites for hydroxylation is 2. The van der Waals surface area contributed by atoms with Gasteiger partial charge in [0.25, 0.3) is 0 Å². The van der Waals surface area contributed by atoms with Crippen molar-refractivity contribution < 1.29 is 28.5 Å². The smallest absolute Gasteiger partial charge is 0.333 e. The van der Waals surface area contributed by atoms with Crippen molar-refractivity contribution >= 4 is 35.5 Å². The number of rotatable bonds is 17. The van der Waals surface area contributed by atoms with Gasteiger partial charge in [0, 0.05) is 32.4 Å². The number of hydrogen-bond acceptors (Lipinski definition) is 8. The number of hydrogen-bond donors (Lipinski definition) is 0. The van der Waals surface area contributed by atoms with Crippen LogP contribution < -0.4 is 9.47 Å². The van der Waals surface area contributed by atoms with E-state index in [0.29, 0.717) is 34.2 Å². The molecule has 0 saturated carbocycles. The first-order valence-corrected chi connectivity index (χ1v) is 17.6. The highest BCUT2D eigenvalue weighted by Crippen LogP contribution is 2.27. The fraction of sp³-hybridized carbons (Fsp3) is 0.250. The molecular weight excluding hydrogens is 641 g/mol. The second kappa shape index (κ2) is 18.2. The Balaban J connectivity index is 1.31. The molecule has 0 aromatic heterocycles. The van der Waals surface area contributed by atoms with Gasteiger partial charge in [-0.1, -0.05) is 72.8 Å². The molecule has 2 atom stereocenters. The molecule has 48 heavy (non-hydrogen) atoms. The average Bonchev–Trinajstić information content (AvgIpc) is 3.08. The zero-order chi connectivity index (χ0) is 34.5. The Labute approximate surface area is 292 Å². The Hall–Kier alpha value is -4.40. The van der Waals surface area contributed by atoms with Crippen LogP contribution in [0.1, 0.15) is 25.0 Å². The number of benzene rings is 4. The van der Waals surface area contributed by atoms with Crippen molar-refractivity contribution in [3.05, 3.63) is 132 Å². The first kappa shape index (κ1) is 36.4. The van der Waals surface area contributed by atoms with Crippen molar-refractivity contribution in [2.24, 2.45) is 0 Å². The third-order valence-corrected chi connectivity index (χ3v) is 9.36. The van der Waals surface area contributed by atoms with Gasteiger partial charge in [-0.2, -0.15) is 0 Å². The van der Waals surface area contributed by atoms with E-state index in [-0.39, 0.29) is 13.2 Å². The van der Waals surface area contributed by atoms with Gasteiger partial charge in [-0.3, -0.25) is 0 Å². The third-order valence-electron chi connectivity index (χ3n) is 7.07. The summed E-state index contributed by atoms with van der Waals surface area (Å²) >= 11 is 3.23. The lowest BCUT2D eigenvalue weighted by Gasteiger charge is -2.19. The second-order valence-electron chi connectivity index (χ2n) is 11.5. The fourth-order valence-corrected chi connectivity index (χ4v) is 5.99. The Morgan fingerprint density at radius 2 is 0.896 bits per heavy atom. The van der Waals surface area contributed by atoms with E-state index in [1.54, 1.807) is 37.4 Å². The van der Waals surface area contributed by atoms with Gasteiger partial charge in [0.2, 0.25) is 0 Å². The lowest BCUT2D eigenvalue weighted by atomic mass is 10.1. The van der Waals surface area contributed by atoms with Gasteiger partial charge in [-0.25, -0.2) is 9.59 Å². The van der Waals surface area contributed by atoms with E-state index in [2.05, 4.69) is 61.7 Å². The summed E-state index contributed by atoms with van der Waals surface area (Å²) < 4.78 is 23.4. The lowest BCUT2D eigenvalue weighted by molar-refractivity contribution is -0.145. The summed E-state index contributed by atoms with van der Waals surface area (Å²) in [6.07, 6.45) is -0.893. The minimum Gasteiger partial charge on any atom is -0.490 e. The molecule has 0 spiro atoms. The molecule has 0 aliphatic rings. The van der Waals surface area contributed by atoms with Crippen molar-refractivity contribution in [3.8, 4) is 22.6 Å². The predicted octanol–water partition coefficient (Wildman–Crippen LogP) is 9.29. The topological polar surface area (TPSA) is 71.1 Å². The molecular formula is C40H42O6S2. The molecule has 0 N–H and O–H groups in total. The molecule has 250 valence electrons. The summed E-state index contributed by atoms with van der Waals surface area (Å²) in [5, 5.41) is 0. The molecule has 0 aliphatic heterocycles. The number of thioether (sulfide) groups is 2. The quantitative estimate of drug-likeness (QED) is 0.0620. The Morgan fingerprint density at radius 1 is 0.562 bits per heavy atom. The molecule has 0 radical (unpaired) electrons. The van der Waals surface area contributed by atoms with Crippen molar-refractivity contribution in [1.82, 2.24) is 0 Å². The monoisotopic (exact) mass is 682 g/mol. The Morgan fingerprint density at radius 3 is 1.21 bits per heavy atom. The maximum Gasteiger partial charge on any atom is 0.333 e. The van der Waals surface area contributed by atoms with Crippen molar-refractivity contribution in [2.75, 3.05) is 24.7 Å². The molecule has 0 saturated heterocycles. The molecule has 0 heterocycles. The molecule has 4 aromatic rings. The van der Waals surface area contributed by atoms with Crippen molar-refractivity contribution in [3.63, 3.8) is 0 Å². The van der Waals surface area contributed by atoms with Gasteiger partial charge in [-0.15, -0.1) is 23.5 Å². The number of ether oxygens (including phenoxy) is 4. The number of carbonyl (C=O) groups is 2. The first-order valence-electron chi connectivity index (χ1n) is 15.6. The molecule has 0 amide bonds. The highest BCUT2D eigenvalue weighted by atomic mass is 32.2. The summed E-state index contributed by atoms with van der Waals surface area (Å²) in [6, 6.07) is 32.0. The van der Waals surface area contributed by atoms with Crippen LogP contribution in [0.4, 0.5) is 0 Å². The standard InChI is InChI=1S/C40H42O6S2/c1-27(2)39(41)45-35(25-47-37-19-7-29(5)8-20-37)23-43-33-15-11-31(12-16-33)32-13-17-34(18-14-32)44-24-36(46-40(42)28(3)4)26-48-38-21-9-30(6)10-22-38/h7-22,35-36H,1,3,23-26H2,2,4-6H3. The Kier molecular flexibility index (Phi) is 13.8. The SMILES string of the molecule is C=C(C)C(=O)OC(COc1ccc(-c2ccc(OCC(CSc3ccc(C)cc3)OC(=O)C(=C)C)cc2)cc1)CSc1ccc(C)cc1. The molecule has 0 bridgehead atoms. The maximum atomic E-state index is 12.3. The van der Waals surface area contributed by atoms with E-state index in [0.717, 1.165) is 20.9 Å². The van der Waals surface area contributed by atoms with Crippen LogP contribution in [0.2, 0.25) is 0 Å². The lowest BCUT2D eigenvalue weighted by Crippen LogP contribution is -2.27. The van der Waals surface area contributed by atoms with Gasteiger partial charge < -0.3 is 18.9 Å². The van der Waals surface area contributed by atoms with Crippen LogP contribution in [0.25, 0.3) is 11.1 Å². The van der Waals surface area contributed by atoms with E-state index in [1.807, 2.05) is 62.4 Å². The summed E-state index contributed by atoms with van der Waals surface area (Å²) in [5.74, 6) is 1.60. The predicted molar refractivity (Wildman–Crippen MR) is 196 cm³/mol. The van der Waals surface area contributed by atoms with Crippen molar-refractivity contribution in [1.29, 1.82) is 0 Å². The second-order valence-corrected chi connectivity index (χ2v) is 13.7. The molecule has 4 rings (SSSR count). The molecule has 0 aliphatic carbocycles. The minimum atomic E-state index is -0.446. The molecule has 8 heteroatoms. The van der Waals surface area contributed by atoms with Gasteiger partial charge >= 0.3 is 11.9 Å². The van der Waals surface area contributed by atoms with Crippen LogP contribution in [-0.2, 0) is 19.1 Å². The third kappa shape index (κ3) is 12.0. The van der Waals surface area contributed by atoms with Gasteiger partial charge in [0.1, 0.15) is 36.9 Å². The van der Waals surface area contributed by atoms with Crippen LogP contribution in [0.3, 0.4) is 0 Å². The van der Waals surface area contributed by atoms with E-state index in [4.69, 9.17) is 18.9 Å². The van der Waals surface area contributed by atoms with Crippen molar-refractivity contribution in [2.45, 2.75) is 49.7 Å². The molecule has 0 fully saturated rings. The zero-order valence-electron chi connectivity index (χ0n) is 27.9. The average molecular weight is 683 g/mol. The van der Waals surface area contributed by atoms with Crippen LogP contribution in [-0.4, -0.2) is 48.9 Å². The maximum absolute atomic E-state index is 12.3. The van der Waals surface area contributed by atoms with E-state index >= 15 is 0 Å². The van der Waals surface area contributed by atoms with Crippen LogP contribution >= 0.6 is 23.5 Å². The first-order chi connectivity index (χ1) is 23.0. The summed E-state index contributed by atoms with van der Waals surface area (Å²) in [4.78, 5) is 26.7. The van der Waals surface area contributed by atoms with E-state index < -0.39 is 24.1 Å². The largest absolute Gasteiger partial charge is 0.490 e. The highest BCUT2D eigenvalue weighted by molar-refractivity contribution is 7.99. The molecule has 2 unspecified atom stereocenters. The number of esters is 2. The summed E-state index contributed by atoms with van der Waals surface area (Å²) in [5.41, 5.74) is 5.11. The zero-order valence-corrected chi connectivity index (χ0v) is 29.5. The van der Waals surface area contributed by atoms with Gasteiger partial charge in [-0.05, 0) is 87.4 Å². The van der Waals surface area contributed by atoms with Gasteiger partial charge in [0.05, 0.1) is 0 Å². The molecule has 6 nitrogen and oxygen atoms in total. The normalized spacial score (nSPS) is 12.0. The van der Waals surface area contributed by atoms with E-state index in [1.165, 1.54) is 11.1 Å². The summed E-state index contributed by atoms with van der Waals surface area (Å²) in [6.45, 7) is 15.2. The van der Waals surface area contributed by atoms with Crippen LogP contribution in [0, 0.1) is 13.8 Å². The minimum absolute atomic E-state index is 0.218. The number of carbonyl (C=O) groups excluding carboxylic acids is 2. The molecule has 4 aromatic carbocycles. The fourth-order valence-electron chi connectivity index (χ4n) is 4.25. The Bertz CT molecular complexity index is 1540. The van der Waals surface area contributed by atoms with Crippen LogP contribution in [0.15, 0.2) is 131 Å².